The first kappa shape index (κ1) is 35.9. The predicted molar refractivity (Wildman–Crippen MR) is 149 cm³/mol. The molecule has 2 aliphatic rings. The van der Waals surface area contributed by atoms with Crippen LogP contribution in [0, 0.1) is 0 Å². The Hall–Kier alpha value is 1.73. The van der Waals surface area contributed by atoms with Crippen molar-refractivity contribution in [2.75, 3.05) is 52.6 Å². The summed E-state index contributed by atoms with van der Waals surface area (Å²) in [4.78, 5) is 0. The van der Waals surface area contributed by atoms with Crippen molar-refractivity contribution < 1.29 is 28.3 Å². The van der Waals surface area contributed by atoms with E-state index < -0.39 is 15.5 Å². The van der Waals surface area contributed by atoms with E-state index >= 15 is 0 Å². The summed E-state index contributed by atoms with van der Waals surface area (Å²) in [7, 11) is 0.694. The van der Waals surface area contributed by atoms with Crippen LogP contribution in [0.3, 0.4) is 0 Å². The Kier molecular flexibility index (Phi) is 22.3. The van der Waals surface area contributed by atoms with Crippen molar-refractivity contribution in [2.45, 2.75) is 105 Å². The van der Waals surface area contributed by atoms with Gasteiger partial charge in [0.05, 0.1) is 0 Å². The van der Waals surface area contributed by atoms with Crippen molar-refractivity contribution in [3.63, 3.8) is 0 Å². The minimum Gasteiger partial charge on any atom is -0.381 e. The van der Waals surface area contributed by atoms with Gasteiger partial charge in [0.15, 0.2) is 0 Å². The molecule has 0 N–H and O–H groups in total. The van der Waals surface area contributed by atoms with Crippen molar-refractivity contribution in [1.29, 1.82) is 0 Å². The molecule has 0 amide bonds. The molecular weight excluding hydrogens is 448 g/mol. The SMILES string of the molecule is C1CCOC1.C1CCOC1.CCN(CC)[PH+]([P-][PH+](C(C)(C)C)C(C)(C)C)N(CC)CC.[Li+]. The molecule has 0 radical (unpaired) electrons. The second-order valence-electron chi connectivity index (χ2n) is 10.2. The average Bonchev–Trinajstić information content (AvgIpc) is 3.44. The van der Waals surface area contributed by atoms with E-state index in [9.17, 15) is 0 Å². The summed E-state index contributed by atoms with van der Waals surface area (Å²) in [6.07, 6.45) is 5.11. The molecule has 0 aromatic carbocycles. The molecule has 0 bridgehead atoms. The Balaban J connectivity index is 0. The van der Waals surface area contributed by atoms with Gasteiger partial charge in [-0.05, 0) is 94.9 Å². The van der Waals surface area contributed by atoms with Gasteiger partial charge in [0.2, 0.25) is 0 Å². The van der Waals surface area contributed by atoms with E-state index in [-0.39, 0.29) is 18.9 Å². The molecular formula is C24H56LiN2O2P3+2. The van der Waals surface area contributed by atoms with E-state index in [2.05, 4.69) is 78.6 Å². The van der Waals surface area contributed by atoms with Crippen LogP contribution < -0.4 is 18.9 Å². The van der Waals surface area contributed by atoms with E-state index in [0.29, 0.717) is 10.3 Å². The molecule has 0 atom stereocenters. The molecule has 4 nitrogen and oxygen atoms in total. The number of ether oxygens (including phenoxy) is 2. The molecule has 0 aliphatic carbocycles. The molecule has 0 saturated carbocycles. The third-order valence-electron chi connectivity index (χ3n) is 5.38. The molecule has 2 aliphatic heterocycles. The van der Waals surface area contributed by atoms with Gasteiger partial charge in [0.25, 0.3) is 0 Å². The molecule has 0 aromatic heterocycles. The van der Waals surface area contributed by atoms with Crippen LogP contribution in [0.2, 0.25) is 0 Å². The van der Waals surface area contributed by atoms with Gasteiger partial charge in [0, 0.05) is 70.8 Å². The summed E-state index contributed by atoms with van der Waals surface area (Å²) in [6.45, 7) is 32.8. The largest absolute Gasteiger partial charge is 1.00 e. The van der Waals surface area contributed by atoms with Crippen molar-refractivity contribution in [3.8, 4) is 0 Å². The summed E-state index contributed by atoms with van der Waals surface area (Å²) in [5.41, 5.74) is 0. The first-order valence-electron chi connectivity index (χ1n) is 12.6. The minimum atomic E-state index is -0.604. The second kappa shape index (κ2) is 19.9. The van der Waals surface area contributed by atoms with Gasteiger partial charge < -0.3 is 9.47 Å². The van der Waals surface area contributed by atoms with Crippen LogP contribution in [0.4, 0.5) is 0 Å². The molecule has 0 unspecified atom stereocenters. The van der Waals surface area contributed by atoms with Gasteiger partial charge >= 0.3 is 18.9 Å². The normalized spacial score (nSPS) is 17.1. The molecule has 0 aromatic rings. The maximum absolute atomic E-state index is 4.94. The fourth-order valence-electron chi connectivity index (χ4n) is 3.94. The summed E-state index contributed by atoms with van der Waals surface area (Å²) in [5.74, 6) is 0. The van der Waals surface area contributed by atoms with Crippen molar-refractivity contribution in [2.24, 2.45) is 0 Å². The van der Waals surface area contributed by atoms with Crippen molar-refractivity contribution in [3.05, 3.63) is 0 Å². The van der Waals surface area contributed by atoms with Crippen LogP contribution >= 0.6 is 23.5 Å². The Morgan fingerprint density at radius 3 is 1.06 bits per heavy atom. The van der Waals surface area contributed by atoms with Crippen molar-refractivity contribution >= 4 is 23.5 Å². The molecule has 32 heavy (non-hydrogen) atoms. The summed E-state index contributed by atoms with van der Waals surface area (Å²) >= 11 is 0. The number of rotatable bonds is 8. The summed E-state index contributed by atoms with van der Waals surface area (Å²) in [5, 5.41) is 0.918. The van der Waals surface area contributed by atoms with Gasteiger partial charge in [-0.2, -0.15) is 9.34 Å². The zero-order valence-corrected chi connectivity index (χ0v) is 26.5. The van der Waals surface area contributed by atoms with Gasteiger partial charge in [-0.25, -0.2) is 0 Å². The fourth-order valence-corrected chi connectivity index (χ4v) is 24.4. The van der Waals surface area contributed by atoms with E-state index in [4.69, 9.17) is 9.47 Å². The van der Waals surface area contributed by atoms with E-state index in [1.165, 1.54) is 51.9 Å². The van der Waals surface area contributed by atoms with Gasteiger partial charge in [0.1, 0.15) is 0 Å². The molecule has 2 heterocycles. The molecule has 0 spiro atoms. The van der Waals surface area contributed by atoms with E-state index in [1.807, 2.05) is 0 Å². The molecule has 2 fully saturated rings. The fraction of sp³-hybridized carbons (Fsp3) is 1.00. The van der Waals surface area contributed by atoms with E-state index in [0.717, 1.165) is 26.4 Å². The first-order valence-corrected chi connectivity index (χ1v) is 18.1. The standard InChI is InChI=1S/C16H40N2P3.2C4H8O.Li/c1-11-17(12-2)21(18(13-3)14-4)19-20(15(5,6)7)16(8,9)10;2*1-2-4-5-3-1;/h20-21H,11-14H2,1-10H3;2*1-4H2;/q+1;;;+1. The quantitative estimate of drug-likeness (QED) is 0.347. The average molecular weight is 505 g/mol. The minimum absolute atomic E-state index is 0. The summed E-state index contributed by atoms with van der Waals surface area (Å²) < 4.78 is 15.4. The molecule has 2 rings (SSSR count). The summed E-state index contributed by atoms with van der Waals surface area (Å²) in [6, 6.07) is 0. The van der Waals surface area contributed by atoms with Crippen LogP contribution in [0.15, 0.2) is 0 Å². The molecule has 2 saturated heterocycles. The van der Waals surface area contributed by atoms with Gasteiger partial charge in [-0.15, -0.1) is 0 Å². The smallest absolute Gasteiger partial charge is 0.381 e. The Bertz CT molecular complexity index is 367. The third kappa shape index (κ3) is 15.7. The Morgan fingerprint density at radius 2 is 0.906 bits per heavy atom. The Morgan fingerprint density at radius 1 is 0.625 bits per heavy atom. The molecule has 188 valence electrons. The second-order valence-corrected chi connectivity index (χ2v) is 21.3. The van der Waals surface area contributed by atoms with E-state index in [1.54, 1.807) is 7.96 Å². The van der Waals surface area contributed by atoms with Crippen LogP contribution in [0.5, 0.6) is 0 Å². The van der Waals surface area contributed by atoms with Crippen LogP contribution in [0.1, 0.15) is 94.9 Å². The van der Waals surface area contributed by atoms with Crippen LogP contribution in [-0.2, 0) is 9.47 Å². The van der Waals surface area contributed by atoms with Crippen LogP contribution in [0.25, 0.3) is 0 Å². The monoisotopic (exact) mass is 504 g/mol. The topological polar surface area (TPSA) is 24.9 Å². The van der Waals surface area contributed by atoms with Crippen molar-refractivity contribution in [1.82, 2.24) is 9.34 Å². The zero-order valence-electron chi connectivity index (χ0n) is 23.6. The Labute approximate surface area is 218 Å². The van der Waals surface area contributed by atoms with Gasteiger partial charge in [-0.3, -0.25) is 0 Å². The zero-order chi connectivity index (χ0) is 23.9. The first-order chi connectivity index (χ1) is 14.5. The number of hydrogen-bond acceptors (Lipinski definition) is 4. The maximum atomic E-state index is 4.94. The van der Waals surface area contributed by atoms with Crippen LogP contribution in [-0.4, -0.2) is 72.3 Å². The number of hydrogen-bond donors (Lipinski definition) is 0. The molecule has 8 heteroatoms. The van der Waals surface area contributed by atoms with Gasteiger partial charge in [-0.1, -0.05) is 15.6 Å². The third-order valence-corrected chi connectivity index (χ3v) is 21.8. The maximum Gasteiger partial charge on any atom is 1.00 e. The predicted octanol–water partition coefficient (Wildman–Crippen LogP) is 4.90. The number of nitrogens with zero attached hydrogens (tertiary/aromatic N) is 2.